The zero-order valence-corrected chi connectivity index (χ0v) is 13.6. The van der Waals surface area contributed by atoms with Crippen molar-refractivity contribution in [3.8, 4) is 0 Å². The zero-order valence-electron chi connectivity index (χ0n) is 10.5. The summed E-state index contributed by atoms with van der Waals surface area (Å²) in [6, 6.07) is 8.48. The molecule has 1 aliphatic rings. The van der Waals surface area contributed by atoms with E-state index in [9.17, 15) is 0 Å². The summed E-state index contributed by atoms with van der Waals surface area (Å²) >= 11 is 5.92. The maximum atomic E-state index is 5.92. The molecule has 0 bridgehead atoms. The van der Waals surface area contributed by atoms with Gasteiger partial charge in [-0.2, -0.15) is 0 Å². The van der Waals surface area contributed by atoms with Crippen LogP contribution in [0.3, 0.4) is 0 Å². The van der Waals surface area contributed by atoms with Crippen molar-refractivity contribution in [3.63, 3.8) is 0 Å². The first-order valence-corrected chi connectivity index (χ1v) is 6.32. The second-order valence-electron chi connectivity index (χ2n) is 4.46. The Balaban J connectivity index is 0.00000162. The molecule has 1 fully saturated rings. The van der Waals surface area contributed by atoms with E-state index in [0.717, 1.165) is 11.4 Å². The minimum Gasteiger partial charge on any atom is -0.370 e. The van der Waals surface area contributed by atoms with Crippen LogP contribution in [0.25, 0.3) is 0 Å². The summed E-state index contributed by atoms with van der Waals surface area (Å²) in [5.74, 6) is 0.648. The first-order chi connectivity index (χ1) is 8.16. The highest BCUT2D eigenvalue weighted by atomic mass is 127. The Morgan fingerprint density at radius 2 is 2.22 bits per heavy atom. The topological polar surface area (TPSA) is 41.6 Å². The normalized spacial score (nSPS) is 15.1. The molecule has 1 saturated carbocycles. The number of nitrogens with zero attached hydrogens (tertiary/aromatic N) is 2. The minimum absolute atomic E-state index is 0. The highest BCUT2D eigenvalue weighted by molar-refractivity contribution is 14.0. The van der Waals surface area contributed by atoms with E-state index in [0.29, 0.717) is 18.5 Å². The molecule has 0 radical (unpaired) electrons. The fourth-order valence-electron chi connectivity index (χ4n) is 1.75. The van der Waals surface area contributed by atoms with Crippen molar-refractivity contribution >= 4 is 41.5 Å². The van der Waals surface area contributed by atoms with Crippen LogP contribution in [0.5, 0.6) is 0 Å². The number of hydrogen-bond donors (Lipinski definition) is 1. The third-order valence-electron chi connectivity index (χ3n) is 3.02. The molecule has 1 aliphatic carbocycles. The number of halogens is 2. The minimum atomic E-state index is 0. The van der Waals surface area contributed by atoms with Crippen molar-refractivity contribution in [2.45, 2.75) is 25.3 Å². The summed E-state index contributed by atoms with van der Waals surface area (Å²) < 4.78 is 0. The lowest BCUT2D eigenvalue weighted by atomic mass is 10.1. The van der Waals surface area contributed by atoms with Crippen molar-refractivity contribution < 1.29 is 0 Å². The average molecular weight is 380 g/mol. The molecule has 0 saturated heterocycles. The molecule has 0 amide bonds. The molecule has 0 spiro atoms. The Morgan fingerprint density at radius 1 is 1.50 bits per heavy atom. The van der Waals surface area contributed by atoms with Crippen LogP contribution in [0.4, 0.5) is 0 Å². The second kappa shape index (κ2) is 7.19. The molecule has 3 nitrogen and oxygen atoms in total. The molecule has 5 heteroatoms. The number of guanidine groups is 1. The summed E-state index contributed by atoms with van der Waals surface area (Å²) in [5, 5.41) is 0.773. The molecule has 1 aromatic carbocycles. The third kappa shape index (κ3) is 4.65. The molecular formula is C13H19ClIN3. The maximum absolute atomic E-state index is 5.92. The van der Waals surface area contributed by atoms with Gasteiger partial charge in [0.1, 0.15) is 0 Å². The number of benzene rings is 1. The lowest BCUT2D eigenvalue weighted by Gasteiger charge is -2.16. The van der Waals surface area contributed by atoms with Crippen LogP contribution in [0.2, 0.25) is 5.02 Å². The fourth-order valence-corrected chi connectivity index (χ4v) is 1.97. The van der Waals surface area contributed by atoms with E-state index in [4.69, 9.17) is 17.3 Å². The van der Waals surface area contributed by atoms with Gasteiger partial charge in [-0.15, -0.1) is 24.0 Å². The highest BCUT2D eigenvalue weighted by Crippen LogP contribution is 2.24. The Hall–Kier alpha value is -0.490. The summed E-state index contributed by atoms with van der Waals surface area (Å²) in [5.41, 5.74) is 7.10. The monoisotopic (exact) mass is 379 g/mol. The SMILES string of the molecule is CN(C(N)=NCCc1cccc(Cl)c1)C1CC1.I. The molecule has 0 aromatic heterocycles. The van der Waals surface area contributed by atoms with Crippen molar-refractivity contribution in [2.24, 2.45) is 10.7 Å². The molecule has 100 valence electrons. The fraction of sp³-hybridized carbons (Fsp3) is 0.462. The van der Waals surface area contributed by atoms with Gasteiger partial charge in [-0.1, -0.05) is 23.7 Å². The first kappa shape index (κ1) is 15.6. The van der Waals surface area contributed by atoms with E-state index in [-0.39, 0.29) is 24.0 Å². The molecule has 2 N–H and O–H groups in total. The quantitative estimate of drug-likeness (QED) is 0.496. The van der Waals surface area contributed by atoms with E-state index in [1.165, 1.54) is 18.4 Å². The molecule has 0 heterocycles. The first-order valence-electron chi connectivity index (χ1n) is 5.94. The van der Waals surface area contributed by atoms with Crippen LogP contribution in [0.1, 0.15) is 18.4 Å². The Morgan fingerprint density at radius 3 is 2.83 bits per heavy atom. The zero-order chi connectivity index (χ0) is 12.3. The summed E-state index contributed by atoms with van der Waals surface area (Å²) in [7, 11) is 2.01. The molecule has 0 atom stereocenters. The van der Waals surface area contributed by atoms with Gasteiger partial charge in [0.15, 0.2) is 5.96 Å². The van der Waals surface area contributed by atoms with Gasteiger partial charge in [-0.05, 0) is 37.0 Å². The number of rotatable bonds is 4. The van der Waals surface area contributed by atoms with Crippen molar-refractivity contribution in [1.82, 2.24) is 4.90 Å². The van der Waals surface area contributed by atoms with Crippen molar-refractivity contribution in [1.29, 1.82) is 0 Å². The van der Waals surface area contributed by atoms with E-state index in [1.807, 2.05) is 25.2 Å². The van der Waals surface area contributed by atoms with Crippen LogP contribution in [0, 0.1) is 0 Å². The molecule has 18 heavy (non-hydrogen) atoms. The summed E-state index contributed by atoms with van der Waals surface area (Å²) in [6.07, 6.45) is 3.35. The van der Waals surface area contributed by atoms with Gasteiger partial charge in [0.2, 0.25) is 0 Å². The van der Waals surface area contributed by atoms with Crippen molar-refractivity contribution in [2.75, 3.05) is 13.6 Å². The standard InChI is InChI=1S/C13H18ClN3.HI/c1-17(12-5-6-12)13(15)16-8-7-10-3-2-4-11(14)9-10;/h2-4,9,12H,5-8H2,1H3,(H2,15,16);1H. The van der Waals surface area contributed by atoms with Gasteiger partial charge in [0, 0.05) is 24.7 Å². The summed E-state index contributed by atoms with van der Waals surface area (Å²) in [6.45, 7) is 0.712. The molecule has 1 aromatic rings. The smallest absolute Gasteiger partial charge is 0.191 e. The van der Waals surface area contributed by atoms with Gasteiger partial charge < -0.3 is 10.6 Å². The van der Waals surface area contributed by atoms with Gasteiger partial charge in [-0.25, -0.2) is 0 Å². The number of nitrogens with two attached hydrogens (primary N) is 1. The molecule has 0 aliphatic heterocycles. The molecule has 0 unspecified atom stereocenters. The van der Waals surface area contributed by atoms with Gasteiger partial charge in [0.25, 0.3) is 0 Å². The second-order valence-corrected chi connectivity index (χ2v) is 4.90. The predicted molar refractivity (Wildman–Crippen MR) is 87.8 cm³/mol. The third-order valence-corrected chi connectivity index (χ3v) is 3.25. The summed E-state index contributed by atoms with van der Waals surface area (Å²) in [4.78, 5) is 6.45. The lowest BCUT2D eigenvalue weighted by molar-refractivity contribution is 0.487. The number of hydrogen-bond acceptors (Lipinski definition) is 1. The Kier molecular flexibility index (Phi) is 6.21. The van der Waals surface area contributed by atoms with E-state index < -0.39 is 0 Å². The van der Waals surface area contributed by atoms with Gasteiger partial charge in [0.05, 0.1) is 0 Å². The van der Waals surface area contributed by atoms with Crippen LogP contribution in [-0.4, -0.2) is 30.5 Å². The van der Waals surface area contributed by atoms with E-state index in [2.05, 4.69) is 16.0 Å². The predicted octanol–water partition coefficient (Wildman–Crippen LogP) is 2.91. The van der Waals surface area contributed by atoms with Crippen LogP contribution < -0.4 is 5.73 Å². The Labute approximate surface area is 130 Å². The van der Waals surface area contributed by atoms with E-state index >= 15 is 0 Å². The largest absolute Gasteiger partial charge is 0.370 e. The lowest BCUT2D eigenvalue weighted by Crippen LogP contribution is -2.35. The van der Waals surface area contributed by atoms with Crippen molar-refractivity contribution in [3.05, 3.63) is 34.9 Å². The van der Waals surface area contributed by atoms with Crippen LogP contribution >= 0.6 is 35.6 Å². The van der Waals surface area contributed by atoms with E-state index in [1.54, 1.807) is 0 Å². The van der Waals surface area contributed by atoms with Crippen LogP contribution in [-0.2, 0) is 6.42 Å². The average Bonchev–Trinajstić information content (AvgIpc) is 3.12. The Bertz CT molecular complexity index is 418. The molecular weight excluding hydrogens is 361 g/mol. The highest BCUT2D eigenvalue weighted by Gasteiger charge is 2.27. The maximum Gasteiger partial charge on any atom is 0.191 e. The number of aliphatic imine (C=N–C) groups is 1. The molecule has 2 rings (SSSR count). The van der Waals surface area contributed by atoms with Gasteiger partial charge in [-0.3, -0.25) is 4.99 Å². The van der Waals surface area contributed by atoms with Crippen LogP contribution in [0.15, 0.2) is 29.3 Å². The van der Waals surface area contributed by atoms with Gasteiger partial charge >= 0.3 is 0 Å².